The number of carbonyl (C=O) groups is 1. The maximum Gasteiger partial charge on any atom is 0.234 e. The first-order valence-corrected chi connectivity index (χ1v) is 8.11. The number of aromatic nitrogens is 3. The molecule has 3 rings (SSSR count). The van der Waals surface area contributed by atoms with Gasteiger partial charge in [0.1, 0.15) is 18.4 Å². The number of furan rings is 1. The molecule has 1 N–H and O–H groups in total. The molecule has 2 aromatic heterocycles. The zero-order valence-corrected chi connectivity index (χ0v) is 13.4. The Kier molecular flexibility index (Phi) is 5.07. The van der Waals surface area contributed by atoms with Gasteiger partial charge in [-0.1, -0.05) is 6.42 Å². The van der Waals surface area contributed by atoms with Gasteiger partial charge in [-0.3, -0.25) is 14.4 Å². The predicted molar refractivity (Wildman–Crippen MR) is 84.5 cm³/mol. The van der Waals surface area contributed by atoms with Gasteiger partial charge in [-0.15, -0.1) is 0 Å². The second-order valence-electron chi connectivity index (χ2n) is 6.04. The van der Waals surface area contributed by atoms with Crippen molar-refractivity contribution >= 4 is 5.91 Å². The van der Waals surface area contributed by atoms with Gasteiger partial charge in [0.25, 0.3) is 0 Å². The topological polar surface area (TPSA) is 76.2 Å². The summed E-state index contributed by atoms with van der Waals surface area (Å²) in [7, 11) is 0. The molecule has 0 aliphatic carbocycles. The number of rotatable bonds is 6. The molecule has 1 aliphatic heterocycles. The molecule has 1 saturated heterocycles. The van der Waals surface area contributed by atoms with Crippen molar-refractivity contribution in [3.63, 3.8) is 0 Å². The SMILES string of the molecule is CC(NC(=O)CN1CCCCC1Cn1cncn1)c1ccco1. The smallest absolute Gasteiger partial charge is 0.234 e. The molecule has 0 aromatic carbocycles. The van der Waals surface area contributed by atoms with E-state index in [2.05, 4.69) is 20.3 Å². The predicted octanol–water partition coefficient (Wildman–Crippen LogP) is 1.60. The second kappa shape index (κ2) is 7.41. The van der Waals surface area contributed by atoms with E-state index >= 15 is 0 Å². The van der Waals surface area contributed by atoms with E-state index in [1.807, 2.05) is 23.7 Å². The molecule has 1 aliphatic rings. The summed E-state index contributed by atoms with van der Waals surface area (Å²) in [5.41, 5.74) is 0. The Labute approximate surface area is 135 Å². The number of hydrogen-bond donors (Lipinski definition) is 1. The van der Waals surface area contributed by atoms with Gasteiger partial charge in [0.15, 0.2) is 0 Å². The third kappa shape index (κ3) is 4.19. The van der Waals surface area contributed by atoms with Crippen LogP contribution >= 0.6 is 0 Å². The maximum absolute atomic E-state index is 12.3. The molecular weight excluding hydrogens is 294 g/mol. The summed E-state index contributed by atoms with van der Waals surface area (Å²) in [4.78, 5) is 18.6. The molecule has 0 saturated carbocycles. The summed E-state index contributed by atoms with van der Waals surface area (Å²) in [5, 5.41) is 7.17. The fourth-order valence-corrected chi connectivity index (χ4v) is 3.10. The lowest BCUT2D eigenvalue weighted by atomic mass is 10.0. The number of likely N-dealkylation sites (tertiary alicyclic amines) is 1. The van der Waals surface area contributed by atoms with Crippen molar-refractivity contribution in [2.24, 2.45) is 0 Å². The molecule has 2 atom stereocenters. The summed E-state index contributed by atoms with van der Waals surface area (Å²) in [6.45, 7) is 4.06. The van der Waals surface area contributed by atoms with Crippen molar-refractivity contribution in [2.75, 3.05) is 13.1 Å². The lowest BCUT2D eigenvalue weighted by molar-refractivity contribution is -0.124. The van der Waals surface area contributed by atoms with Crippen LogP contribution < -0.4 is 5.32 Å². The van der Waals surface area contributed by atoms with Gasteiger partial charge >= 0.3 is 0 Å². The summed E-state index contributed by atoms with van der Waals surface area (Å²) >= 11 is 0. The fraction of sp³-hybridized carbons (Fsp3) is 0.562. The van der Waals surface area contributed by atoms with Gasteiger partial charge in [-0.05, 0) is 38.4 Å². The molecule has 0 bridgehead atoms. The largest absolute Gasteiger partial charge is 0.467 e. The number of carbonyl (C=O) groups excluding carboxylic acids is 1. The van der Waals surface area contributed by atoms with Crippen molar-refractivity contribution in [1.82, 2.24) is 25.0 Å². The van der Waals surface area contributed by atoms with E-state index in [1.54, 1.807) is 18.9 Å². The van der Waals surface area contributed by atoms with Crippen LogP contribution in [0.3, 0.4) is 0 Å². The standard InChI is InChI=1S/C16H23N5O2/c1-13(15-6-4-8-23-15)19-16(22)10-20-7-3-2-5-14(20)9-21-12-17-11-18-21/h4,6,8,11-14H,2-3,5,7,9-10H2,1H3,(H,19,22). The van der Waals surface area contributed by atoms with Crippen LogP contribution in [-0.2, 0) is 11.3 Å². The molecular formula is C16H23N5O2. The van der Waals surface area contributed by atoms with Crippen molar-refractivity contribution in [2.45, 2.75) is 44.8 Å². The lowest BCUT2D eigenvalue weighted by Crippen LogP contribution is -2.47. The monoisotopic (exact) mass is 317 g/mol. The van der Waals surface area contributed by atoms with Gasteiger partial charge < -0.3 is 9.73 Å². The Morgan fingerprint density at radius 3 is 3.17 bits per heavy atom. The van der Waals surface area contributed by atoms with Crippen LogP contribution in [0.25, 0.3) is 0 Å². The third-order valence-electron chi connectivity index (χ3n) is 4.31. The van der Waals surface area contributed by atoms with Gasteiger partial charge in [0, 0.05) is 6.04 Å². The zero-order valence-electron chi connectivity index (χ0n) is 13.4. The molecule has 124 valence electrons. The van der Waals surface area contributed by atoms with E-state index in [-0.39, 0.29) is 11.9 Å². The van der Waals surface area contributed by atoms with Crippen LogP contribution in [0.5, 0.6) is 0 Å². The first-order chi connectivity index (χ1) is 11.2. The molecule has 7 heteroatoms. The minimum absolute atomic E-state index is 0.0272. The highest BCUT2D eigenvalue weighted by Gasteiger charge is 2.25. The molecule has 3 heterocycles. The minimum Gasteiger partial charge on any atom is -0.467 e. The molecule has 2 unspecified atom stereocenters. The number of amides is 1. The van der Waals surface area contributed by atoms with E-state index in [1.165, 1.54) is 6.42 Å². The quantitative estimate of drug-likeness (QED) is 0.876. The van der Waals surface area contributed by atoms with Crippen molar-refractivity contribution in [3.05, 3.63) is 36.8 Å². The Hall–Kier alpha value is -2.15. The van der Waals surface area contributed by atoms with E-state index in [0.29, 0.717) is 12.6 Å². The van der Waals surface area contributed by atoms with Gasteiger partial charge in [0.2, 0.25) is 5.91 Å². The molecule has 2 aromatic rings. The second-order valence-corrected chi connectivity index (χ2v) is 6.04. The van der Waals surface area contributed by atoms with E-state index < -0.39 is 0 Å². The van der Waals surface area contributed by atoms with E-state index in [4.69, 9.17) is 4.42 Å². The van der Waals surface area contributed by atoms with Crippen molar-refractivity contribution in [1.29, 1.82) is 0 Å². The zero-order chi connectivity index (χ0) is 16.1. The summed E-state index contributed by atoms with van der Waals surface area (Å²) in [6, 6.07) is 3.92. The summed E-state index contributed by atoms with van der Waals surface area (Å²) < 4.78 is 7.17. The lowest BCUT2D eigenvalue weighted by Gasteiger charge is -2.35. The van der Waals surface area contributed by atoms with Crippen molar-refractivity contribution in [3.8, 4) is 0 Å². The fourth-order valence-electron chi connectivity index (χ4n) is 3.10. The van der Waals surface area contributed by atoms with Crippen LogP contribution in [0, 0.1) is 0 Å². The Morgan fingerprint density at radius 2 is 2.43 bits per heavy atom. The average molecular weight is 317 g/mol. The molecule has 1 amide bonds. The number of nitrogens with one attached hydrogen (secondary N) is 1. The summed E-state index contributed by atoms with van der Waals surface area (Å²) in [6.07, 6.45) is 8.31. The first-order valence-electron chi connectivity index (χ1n) is 8.11. The van der Waals surface area contributed by atoms with Crippen LogP contribution in [0.15, 0.2) is 35.5 Å². The molecule has 7 nitrogen and oxygen atoms in total. The van der Waals surface area contributed by atoms with Gasteiger partial charge in [0.05, 0.1) is 25.4 Å². The highest BCUT2D eigenvalue weighted by Crippen LogP contribution is 2.18. The maximum atomic E-state index is 12.3. The Balaban J connectivity index is 1.54. The third-order valence-corrected chi connectivity index (χ3v) is 4.31. The number of hydrogen-bond acceptors (Lipinski definition) is 5. The van der Waals surface area contributed by atoms with Crippen LogP contribution in [-0.4, -0.2) is 44.7 Å². The summed E-state index contributed by atoms with van der Waals surface area (Å²) in [5.74, 6) is 0.801. The Bertz CT molecular complexity index is 596. The number of nitrogens with zero attached hydrogens (tertiary/aromatic N) is 4. The van der Waals surface area contributed by atoms with Crippen molar-refractivity contribution < 1.29 is 9.21 Å². The van der Waals surface area contributed by atoms with E-state index in [9.17, 15) is 4.79 Å². The van der Waals surface area contributed by atoms with Crippen LogP contribution in [0.4, 0.5) is 0 Å². The molecule has 0 radical (unpaired) electrons. The average Bonchev–Trinajstić information content (AvgIpc) is 3.22. The normalized spacial score (nSPS) is 20.3. The van der Waals surface area contributed by atoms with E-state index in [0.717, 1.165) is 31.7 Å². The minimum atomic E-state index is -0.115. The Morgan fingerprint density at radius 1 is 1.52 bits per heavy atom. The first kappa shape index (κ1) is 15.7. The molecule has 23 heavy (non-hydrogen) atoms. The highest BCUT2D eigenvalue weighted by molar-refractivity contribution is 5.78. The van der Waals surface area contributed by atoms with Gasteiger partial charge in [-0.25, -0.2) is 4.98 Å². The van der Waals surface area contributed by atoms with Crippen LogP contribution in [0.2, 0.25) is 0 Å². The van der Waals surface area contributed by atoms with Gasteiger partial charge in [-0.2, -0.15) is 5.10 Å². The van der Waals surface area contributed by atoms with Crippen LogP contribution in [0.1, 0.15) is 38.0 Å². The molecule has 1 fully saturated rings. The molecule has 0 spiro atoms. The highest BCUT2D eigenvalue weighted by atomic mass is 16.3. The number of piperidine rings is 1.